The first-order valence-electron chi connectivity index (χ1n) is 6.42. The fraction of sp³-hybridized carbons (Fsp3) is 0.571. The molecular formula is C14H15F3OS. The van der Waals surface area contributed by atoms with Crippen molar-refractivity contribution in [2.45, 2.75) is 48.0 Å². The van der Waals surface area contributed by atoms with Crippen molar-refractivity contribution in [2.24, 2.45) is 0 Å². The first-order chi connectivity index (χ1) is 8.87. The molecule has 0 spiro atoms. The Balaban J connectivity index is 1.86. The zero-order valence-corrected chi connectivity index (χ0v) is 11.1. The van der Waals surface area contributed by atoms with Gasteiger partial charge in [-0.3, -0.25) is 0 Å². The summed E-state index contributed by atoms with van der Waals surface area (Å²) in [5.41, 5.74) is -0.980. The van der Waals surface area contributed by atoms with E-state index in [-0.39, 0.29) is 0 Å². The number of rotatable bonds is 1. The van der Waals surface area contributed by atoms with Gasteiger partial charge in [-0.15, -0.1) is 0 Å². The third-order valence-electron chi connectivity index (χ3n) is 4.08. The van der Waals surface area contributed by atoms with E-state index in [1.807, 2.05) is 11.8 Å². The molecule has 104 valence electrons. The maximum atomic E-state index is 12.5. The fourth-order valence-corrected chi connectivity index (χ4v) is 4.95. The SMILES string of the molecule is OC1(c2ccc(C(F)(F)F)cc2)CC2CCC(C1)S2. The number of halogens is 3. The quantitative estimate of drug-likeness (QED) is 0.844. The highest BCUT2D eigenvalue weighted by molar-refractivity contribution is 8.00. The zero-order chi connectivity index (χ0) is 13.7. The van der Waals surface area contributed by atoms with Crippen molar-refractivity contribution in [3.05, 3.63) is 35.4 Å². The van der Waals surface area contributed by atoms with E-state index in [0.717, 1.165) is 25.0 Å². The maximum absolute atomic E-state index is 12.5. The number of alkyl halides is 3. The van der Waals surface area contributed by atoms with Crippen molar-refractivity contribution in [1.29, 1.82) is 0 Å². The predicted molar refractivity (Wildman–Crippen MR) is 69.0 cm³/mol. The van der Waals surface area contributed by atoms with Crippen LogP contribution in [-0.4, -0.2) is 15.6 Å². The normalized spacial score (nSPS) is 34.5. The van der Waals surface area contributed by atoms with Crippen LogP contribution in [0.5, 0.6) is 0 Å². The van der Waals surface area contributed by atoms with Crippen molar-refractivity contribution < 1.29 is 18.3 Å². The van der Waals surface area contributed by atoms with Gasteiger partial charge in [-0.05, 0) is 43.4 Å². The van der Waals surface area contributed by atoms with Crippen molar-refractivity contribution in [2.75, 3.05) is 0 Å². The number of benzene rings is 1. The standard InChI is InChI=1S/C14H15F3OS/c15-14(16,17)10-3-1-9(2-4-10)13(18)7-11-5-6-12(8-13)19-11/h1-4,11-12,18H,5-8H2. The van der Waals surface area contributed by atoms with E-state index in [9.17, 15) is 18.3 Å². The van der Waals surface area contributed by atoms with Crippen LogP contribution in [0.25, 0.3) is 0 Å². The lowest BCUT2D eigenvalue weighted by molar-refractivity contribution is -0.137. The molecule has 0 aromatic heterocycles. The molecular weight excluding hydrogens is 273 g/mol. The molecule has 2 aliphatic heterocycles. The Kier molecular flexibility index (Phi) is 3.09. The number of hydrogen-bond donors (Lipinski definition) is 1. The fourth-order valence-electron chi connectivity index (χ4n) is 3.12. The van der Waals surface area contributed by atoms with Crippen molar-refractivity contribution in [3.63, 3.8) is 0 Å². The van der Waals surface area contributed by atoms with Gasteiger partial charge >= 0.3 is 6.18 Å². The third kappa shape index (κ3) is 2.50. The number of aliphatic hydroxyl groups is 1. The highest BCUT2D eigenvalue weighted by atomic mass is 32.2. The highest BCUT2D eigenvalue weighted by Gasteiger charge is 2.44. The Hall–Kier alpha value is -0.680. The lowest BCUT2D eigenvalue weighted by Gasteiger charge is -2.36. The minimum atomic E-state index is -4.32. The largest absolute Gasteiger partial charge is 0.416 e. The van der Waals surface area contributed by atoms with E-state index in [1.54, 1.807) is 0 Å². The van der Waals surface area contributed by atoms with Gasteiger partial charge in [0.25, 0.3) is 0 Å². The van der Waals surface area contributed by atoms with Crippen LogP contribution in [0.1, 0.15) is 36.8 Å². The lowest BCUT2D eigenvalue weighted by atomic mass is 9.85. The van der Waals surface area contributed by atoms with E-state index < -0.39 is 17.3 Å². The van der Waals surface area contributed by atoms with Crippen LogP contribution in [0.15, 0.2) is 24.3 Å². The summed E-state index contributed by atoms with van der Waals surface area (Å²) in [7, 11) is 0. The number of thioether (sulfide) groups is 1. The minimum Gasteiger partial charge on any atom is -0.385 e. The molecule has 19 heavy (non-hydrogen) atoms. The van der Waals surface area contributed by atoms with E-state index in [2.05, 4.69) is 0 Å². The van der Waals surface area contributed by atoms with Crippen LogP contribution in [-0.2, 0) is 11.8 Å². The average Bonchev–Trinajstić information content (AvgIpc) is 2.68. The van der Waals surface area contributed by atoms with Crippen molar-refractivity contribution >= 4 is 11.8 Å². The molecule has 2 bridgehead atoms. The molecule has 2 heterocycles. The van der Waals surface area contributed by atoms with E-state index in [4.69, 9.17) is 0 Å². The molecule has 1 N–H and O–H groups in total. The monoisotopic (exact) mass is 288 g/mol. The second-order valence-corrected chi connectivity index (χ2v) is 7.08. The Morgan fingerprint density at radius 2 is 1.58 bits per heavy atom. The van der Waals surface area contributed by atoms with Gasteiger partial charge in [-0.2, -0.15) is 24.9 Å². The molecule has 0 radical (unpaired) electrons. The summed E-state index contributed by atoms with van der Waals surface area (Å²) < 4.78 is 37.6. The van der Waals surface area contributed by atoms with Gasteiger partial charge in [0.2, 0.25) is 0 Å². The molecule has 2 aliphatic rings. The summed E-state index contributed by atoms with van der Waals surface area (Å²) in [5, 5.41) is 11.6. The van der Waals surface area contributed by atoms with Gasteiger partial charge < -0.3 is 5.11 Å². The summed E-state index contributed by atoms with van der Waals surface area (Å²) in [6.45, 7) is 0. The molecule has 0 saturated carbocycles. The van der Waals surface area contributed by atoms with E-state index in [0.29, 0.717) is 28.9 Å². The second-order valence-electron chi connectivity index (χ2n) is 5.47. The second kappa shape index (κ2) is 4.42. The molecule has 1 aromatic carbocycles. The minimum absolute atomic E-state index is 0.450. The summed E-state index contributed by atoms with van der Waals surface area (Å²) >= 11 is 1.92. The molecule has 1 nitrogen and oxygen atoms in total. The molecule has 0 amide bonds. The maximum Gasteiger partial charge on any atom is 0.416 e. The molecule has 3 rings (SSSR count). The van der Waals surface area contributed by atoms with Crippen LogP contribution in [0.4, 0.5) is 13.2 Å². The van der Waals surface area contributed by atoms with Crippen molar-refractivity contribution in [3.8, 4) is 0 Å². The van der Waals surface area contributed by atoms with Gasteiger partial charge in [0.1, 0.15) is 0 Å². The van der Waals surface area contributed by atoms with Gasteiger partial charge in [0.05, 0.1) is 11.2 Å². The van der Waals surface area contributed by atoms with Gasteiger partial charge in [-0.1, -0.05) is 12.1 Å². The number of fused-ring (bicyclic) bond motifs is 2. The molecule has 2 unspecified atom stereocenters. The smallest absolute Gasteiger partial charge is 0.385 e. The van der Waals surface area contributed by atoms with Crippen LogP contribution in [0.3, 0.4) is 0 Å². The number of hydrogen-bond acceptors (Lipinski definition) is 2. The summed E-state index contributed by atoms with van der Waals surface area (Å²) in [6, 6.07) is 4.99. The molecule has 1 aromatic rings. The van der Waals surface area contributed by atoms with Crippen LogP contribution >= 0.6 is 11.8 Å². The topological polar surface area (TPSA) is 20.2 Å². The highest BCUT2D eigenvalue weighted by Crippen LogP contribution is 2.51. The van der Waals surface area contributed by atoms with Crippen molar-refractivity contribution in [1.82, 2.24) is 0 Å². The first kappa shape index (κ1) is 13.3. The summed E-state index contributed by atoms with van der Waals surface area (Å²) in [4.78, 5) is 0. The van der Waals surface area contributed by atoms with Gasteiger partial charge in [0, 0.05) is 10.5 Å². The van der Waals surface area contributed by atoms with Gasteiger partial charge in [-0.25, -0.2) is 0 Å². The molecule has 2 saturated heterocycles. The Bertz CT molecular complexity index is 457. The molecule has 2 atom stereocenters. The summed E-state index contributed by atoms with van der Waals surface area (Å²) in [5.74, 6) is 0. The van der Waals surface area contributed by atoms with Crippen LogP contribution in [0, 0.1) is 0 Å². The van der Waals surface area contributed by atoms with Gasteiger partial charge in [0.15, 0.2) is 0 Å². The Morgan fingerprint density at radius 1 is 1.05 bits per heavy atom. The Labute approximate surface area is 114 Å². The Morgan fingerprint density at radius 3 is 2.05 bits per heavy atom. The van der Waals surface area contributed by atoms with Crippen LogP contribution in [0.2, 0.25) is 0 Å². The predicted octanol–water partition coefficient (Wildman–Crippen LogP) is 3.95. The summed E-state index contributed by atoms with van der Waals surface area (Å²) in [6.07, 6.45) is -0.793. The molecule has 5 heteroatoms. The lowest BCUT2D eigenvalue weighted by Crippen LogP contribution is -2.34. The average molecular weight is 288 g/mol. The first-order valence-corrected chi connectivity index (χ1v) is 7.37. The van der Waals surface area contributed by atoms with Crippen LogP contribution < -0.4 is 0 Å². The third-order valence-corrected chi connectivity index (χ3v) is 5.65. The molecule has 0 aliphatic carbocycles. The van der Waals surface area contributed by atoms with E-state index in [1.165, 1.54) is 12.1 Å². The molecule has 2 fully saturated rings. The van der Waals surface area contributed by atoms with E-state index >= 15 is 0 Å². The zero-order valence-electron chi connectivity index (χ0n) is 10.3.